The molecular formula is C12H15ClO. The third-order valence-electron chi connectivity index (χ3n) is 2.09. The smallest absolute Gasteiger partial charge is 0.164 e. The number of aryl methyl sites for hydroxylation is 1. The van der Waals surface area contributed by atoms with Gasteiger partial charge < -0.3 is 0 Å². The Morgan fingerprint density at radius 1 is 1.43 bits per heavy atom. The van der Waals surface area contributed by atoms with Gasteiger partial charge in [0.2, 0.25) is 0 Å². The second kappa shape index (κ2) is 4.61. The van der Waals surface area contributed by atoms with Crippen LogP contribution in [0.1, 0.15) is 36.2 Å². The number of halogens is 1. The second-order valence-electron chi connectivity index (χ2n) is 3.96. The lowest BCUT2D eigenvalue weighted by Gasteiger charge is -2.07. The average Bonchev–Trinajstić information content (AvgIpc) is 2.08. The minimum atomic E-state index is 0.133. The first kappa shape index (κ1) is 11.3. The van der Waals surface area contributed by atoms with Gasteiger partial charge in [0.05, 0.1) is 5.02 Å². The van der Waals surface area contributed by atoms with Crippen molar-refractivity contribution in [3.8, 4) is 0 Å². The van der Waals surface area contributed by atoms with Crippen LogP contribution >= 0.6 is 11.6 Å². The lowest BCUT2D eigenvalue weighted by molar-refractivity contribution is 0.0968. The molecule has 0 N–H and O–H groups in total. The molecule has 1 aromatic carbocycles. The second-order valence-corrected chi connectivity index (χ2v) is 4.34. The minimum Gasteiger partial charge on any atom is -0.294 e. The lowest BCUT2D eigenvalue weighted by Crippen LogP contribution is -2.04. The fraction of sp³-hybridized carbons (Fsp3) is 0.417. The van der Waals surface area contributed by atoms with Crippen molar-refractivity contribution in [1.29, 1.82) is 0 Å². The van der Waals surface area contributed by atoms with Gasteiger partial charge in [-0.25, -0.2) is 0 Å². The number of carbonyl (C=O) groups is 1. The van der Waals surface area contributed by atoms with Gasteiger partial charge in [-0.1, -0.05) is 37.6 Å². The van der Waals surface area contributed by atoms with E-state index >= 15 is 0 Å². The van der Waals surface area contributed by atoms with Crippen molar-refractivity contribution in [3.63, 3.8) is 0 Å². The van der Waals surface area contributed by atoms with Gasteiger partial charge in [-0.3, -0.25) is 4.79 Å². The monoisotopic (exact) mass is 210 g/mol. The van der Waals surface area contributed by atoms with Crippen LogP contribution in [0.25, 0.3) is 0 Å². The third-order valence-corrected chi connectivity index (χ3v) is 2.59. The molecule has 0 aromatic heterocycles. The molecule has 0 bridgehead atoms. The lowest BCUT2D eigenvalue weighted by atomic mass is 10.00. The van der Waals surface area contributed by atoms with Crippen molar-refractivity contribution in [3.05, 3.63) is 34.3 Å². The summed E-state index contributed by atoms with van der Waals surface area (Å²) in [6.45, 7) is 5.97. The summed E-state index contributed by atoms with van der Waals surface area (Å²) >= 11 is 6.05. The van der Waals surface area contributed by atoms with E-state index < -0.39 is 0 Å². The van der Waals surface area contributed by atoms with E-state index in [2.05, 4.69) is 0 Å². The molecule has 2 heteroatoms. The number of hydrogen-bond acceptors (Lipinski definition) is 1. The zero-order valence-electron chi connectivity index (χ0n) is 8.80. The van der Waals surface area contributed by atoms with Crippen molar-refractivity contribution in [2.45, 2.75) is 27.2 Å². The number of benzene rings is 1. The summed E-state index contributed by atoms with van der Waals surface area (Å²) in [5.74, 6) is 0.507. The largest absolute Gasteiger partial charge is 0.294 e. The molecule has 14 heavy (non-hydrogen) atoms. The average molecular weight is 211 g/mol. The first-order chi connectivity index (χ1) is 6.52. The Morgan fingerprint density at radius 2 is 2.07 bits per heavy atom. The fourth-order valence-corrected chi connectivity index (χ4v) is 1.57. The van der Waals surface area contributed by atoms with E-state index in [-0.39, 0.29) is 5.78 Å². The van der Waals surface area contributed by atoms with Crippen LogP contribution in [0, 0.1) is 12.8 Å². The maximum Gasteiger partial charge on any atom is 0.164 e. The Kier molecular flexibility index (Phi) is 3.70. The van der Waals surface area contributed by atoms with Gasteiger partial charge in [0.25, 0.3) is 0 Å². The Labute approximate surface area is 90.1 Å². The van der Waals surface area contributed by atoms with Crippen LogP contribution < -0.4 is 0 Å². The predicted molar refractivity (Wildman–Crippen MR) is 60.0 cm³/mol. The summed E-state index contributed by atoms with van der Waals surface area (Å²) in [5.41, 5.74) is 1.61. The molecule has 1 nitrogen and oxygen atoms in total. The molecule has 0 aliphatic heterocycles. The van der Waals surface area contributed by atoms with Crippen molar-refractivity contribution in [2.24, 2.45) is 5.92 Å². The molecule has 0 aliphatic carbocycles. The summed E-state index contributed by atoms with van der Waals surface area (Å²) in [5, 5.41) is 0.596. The summed E-state index contributed by atoms with van der Waals surface area (Å²) in [4.78, 5) is 11.7. The van der Waals surface area contributed by atoms with Crippen LogP contribution in [0.2, 0.25) is 5.02 Å². The van der Waals surface area contributed by atoms with E-state index in [1.807, 2.05) is 32.9 Å². The maximum absolute atomic E-state index is 11.7. The molecule has 0 aliphatic rings. The number of carbonyl (C=O) groups excluding carboxylic acids is 1. The molecule has 0 spiro atoms. The first-order valence-corrected chi connectivity index (χ1v) is 5.18. The SMILES string of the molecule is Cc1cccc(C(=O)CC(C)C)c1Cl. The van der Waals surface area contributed by atoms with Crippen molar-refractivity contribution in [1.82, 2.24) is 0 Å². The molecule has 0 fully saturated rings. The van der Waals surface area contributed by atoms with Crippen LogP contribution in [-0.2, 0) is 0 Å². The summed E-state index contributed by atoms with van der Waals surface area (Å²) in [6, 6.07) is 5.57. The van der Waals surface area contributed by atoms with Crippen LogP contribution in [0.3, 0.4) is 0 Å². The van der Waals surface area contributed by atoms with Gasteiger partial charge in [-0.05, 0) is 24.5 Å². The summed E-state index contributed by atoms with van der Waals surface area (Å²) in [6.07, 6.45) is 0.559. The van der Waals surface area contributed by atoms with Gasteiger partial charge in [0.15, 0.2) is 5.78 Å². The van der Waals surface area contributed by atoms with Gasteiger partial charge in [0, 0.05) is 12.0 Å². The molecule has 1 rings (SSSR count). The van der Waals surface area contributed by atoms with Crippen LogP contribution in [0.15, 0.2) is 18.2 Å². The van der Waals surface area contributed by atoms with E-state index in [9.17, 15) is 4.79 Å². The van der Waals surface area contributed by atoms with E-state index in [4.69, 9.17) is 11.6 Å². The number of ketones is 1. The number of Topliss-reactive ketones (excluding diaryl/α,β-unsaturated/α-hetero) is 1. The van der Waals surface area contributed by atoms with Crippen molar-refractivity contribution in [2.75, 3.05) is 0 Å². The molecule has 0 heterocycles. The van der Waals surface area contributed by atoms with Crippen LogP contribution in [0.5, 0.6) is 0 Å². The molecular weight excluding hydrogens is 196 g/mol. The minimum absolute atomic E-state index is 0.133. The highest BCUT2D eigenvalue weighted by Gasteiger charge is 2.12. The Balaban J connectivity index is 2.96. The van der Waals surface area contributed by atoms with Gasteiger partial charge in [-0.15, -0.1) is 0 Å². The summed E-state index contributed by atoms with van der Waals surface area (Å²) < 4.78 is 0. The number of rotatable bonds is 3. The topological polar surface area (TPSA) is 17.1 Å². The molecule has 0 radical (unpaired) electrons. The highest BCUT2D eigenvalue weighted by atomic mass is 35.5. The third kappa shape index (κ3) is 2.58. The van der Waals surface area contributed by atoms with Crippen LogP contribution in [0.4, 0.5) is 0 Å². The normalized spacial score (nSPS) is 10.6. The van der Waals surface area contributed by atoms with Crippen molar-refractivity contribution < 1.29 is 4.79 Å². The van der Waals surface area contributed by atoms with E-state index in [1.165, 1.54) is 0 Å². The Hall–Kier alpha value is -0.820. The van der Waals surface area contributed by atoms with Gasteiger partial charge in [-0.2, -0.15) is 0 Å². The molecule has 0 amide bonds. The van der Waals surface area contributed by atoms with E-state index in [0.717, 1.165) is 5.56 Å². The summed E-state index contributed by atoms with van der Waals surface area (Å²) in [7, 11) is 0. The molecule has 0 saturated heterocycles. The maximum atomic E-state index is 11.7. The Bertz CT molecular complexity index is 342. The highest BCUT2D eigenvalue weighted by Crippen LogP contribution is 2.22. The van der Waals surface area contributed by atoms with E-state index in [0.29, 0.717) is 22.9 Å². The molecule has 0 atom stereocenters. The standard InChI is InChI=1S/C12H15ClO/c1-8(2)7-11(14)10-6-4-5-9(3)12(10)13/h4-6,8H,7H2,1-3H3. The molecule has 0 unspecified atom stereocenters. The molecule has 1 aromatic rings. The Morgan fingerprint density at radius 3 is 2.64 bits per heavy atom. The predicted octanol–water partition coefficient (Wildman–Crippen LogP) is 3.88. The molecule has 0 saturated carbocycles. The van der Waals surface area contributed by atoms with Gasteiger partial charge in [0.1, 0.15) is 0 Å². The highest BCUT2D eigenvalue weighted by molar-refractivity contribution is 6.34. The van der Waals surface area contributed by atoms with Crippen LogP contribution in [-0.4, -0.2) is 5.78 Å². The number of hydrogen-bond donors (Lipinski definition) is 0. The zero-order valence-corrected chi connectivity index (χ0v) is 9.56. The van der Waals surface area contributed by atoms with Crippen molar-refractivity contribution >= 4 is 17.4 Å². The quantitative estimate of drug-likeness (QED) is 0.692. The first-order valence-electron chi connectivity index (χ1n) is 4.80. The van der Waals surface area contributed by atoms with Gasteiger partial charge >= 0.3 is 0 Å². The molecule has 76 valence electrons. The fourth-order valence-electron chi connectivity index (χ4n) is 1.34. The zero-order chi connectivity index (χ0) is 10.7. The van der Waals surface area contributed by atoms with E-state index in [1.54, 1.807) is 6.07 Å².